The summed E-state index contributed by atoms with van der Waals surface area (Å²) in [6, 6.07) is 6.65. The van der Waals surface area contributed by atoms with Gasteiger partial charge in [0.05, 0.1) is 4.90 Å². The smallest absolute Gasteiger partial charge is 0.240 e. The largest absolute Gasteiger partial charge is 0.324 e. The highest BCUT2D eigenvalue weighted by Gasteiger charge is 2.13. The molecular weight excluding hydrogens is 272 g/mol. The van der Waals surface area contributed by atoms with Crippen LogP contribution in [0.1, 0.15) is 51.6 Å². The first-order chi connectivity index (χ1) is 9.33. The minimum atomic E-state index is -3.39. The van der Waals surface area contributed by atoms with Crippen LogP contribution >= 0.6 is 0 Å². The zero-order valence-electron chi connectivity index (χ0n) is 12.6. The van der Waals surface area contributed by atoms with Crippen molar-refractivity contribution in [1.29, 1.82) is 0 Å². The molecule has 1 unspecified atom stereocenters. The van der Waals surface area contributed by atoms with Gasteiger partial charge in [-0.3, -0.25) is 0 Å². The molecule has 1 aromatic carbocycles. The number of unbranched alkanes of at least 4 members (excludes halogenated alkanes) is 1. The number of nitrogens with two attached hydrogens (primary N) is 1. The molecule has 0 aliphatic rings. The predicted molar refractivity (Wildman–Crippen MR) is 82.9 cm³/mol. The fourth-order valence-corrected chi connectivity index (χ4v) is 2.99. The standard InChI is InChI=1S/C15H26N2O2S/c1-12(2)6-4-5-11-17-20(18,19)15-9-7-14(8-10-15)13(3)16/h7-10,12-13,17H,4-6,11,16H2,1-3H3. The lowest BCUT2D eigenvalue weighted by atomic mass is 10.1. The van der Waals surface area contributed by atoms with E-state index < -0.39 is 10.0 Å². The van der Waals surface area contributed by atoms with E-state index in [1.807, 2.05) is 6.92 Å². The second-order valence-corrected chi connectivity index (χ2v) is 7.41. The van der Waals surface area contributed by atoms with Crippen LogP contribution in [-0.2, 0) is 10.0 Å². The zero-order chi connectivity index (χ0) is 15.2. The third kappa shape index (κ3) is 5.61. The summed E-state index contributed by atoms with van der Waals surface area (Å²) in [4.78, 5) is 0.297. The zero-order valence-corrected chi connectivity index (χ0v) is 13.4. The average molecular weight is 298 g/mol. The highest BCUT2D eigenvalue weighted by Crippen LogP contribution is 2.14. The first-order valence-corrected chi connectivity index (χ1v) is 8.66. The third-order valence-corrected chi connectivity index (χ3v) is 4.69. The first kappa shape index (κ1) is 17.1. The summed E-state index contributed by atoms with van der Waals surface area (Å²) in [5, 5.41) is 0. The first-order valence-electron chi connectivity index (χ1n) is 7.18. The van der Waals surface area contributed by atoms with Gasteiger partial charge >= 0.3 is 0 Å². The maximum Gasteiger partial charge on any atom is 0.240 e. The molecule has 0 fully saturated rings. The third-order valence-electron chi connectivity index (χ3n) is 3.22. The second-order valence-electron chi connectivity index (χ2n) is 5.65. The van der Waals surface area contributed by atoms with Crippen LogP contribution in [0.2, 0.25) is 0 Å². The summed E-state index contributed by atoms with van der Waals surface area (Å²) < 4.78 is 26.8. The van der Waals surface area contributed by atoms with Crippen molar-refractivity contribution in [2.45, 2.75) is 51.0 Å². The summed E-state index contributed by atoms with van der Waals surface area (Å²) in [6.07, 6.45) is 3.05. The van der Waals surface area contributed by atoms with Gasteiger partial charge in [0.1, 0.15) is 0 Å². The molecule has 20 heavy (non-hydrogen) atoms. The quantitative estimate of drug-likeness (QED) is 0.725. The van der Waals surface area contributed by atoms with Gasteiger partial charge in [0.2, 0.25) is 10.0 Å². The Morgan fingerprint density at radius 1 is 1.10 bits per heavy atom. The van der Waals surface area contributed by atoms with Gasteiger partial charge in [-0.2, -0.15) is 0 Å². The molecule has 0 aliphatic carbocycles. The van der Waals surface area contributed by atoms with E-state index in [1.54, 1.807) is 24.3 Å². The van der Waals surface area contributed by atoms with E-state index in [4.69, 9.17) is 5.73 Å². The Morgan fingerprint density at radius 3 is 2.20 bits per heavy atom. The van der Waals surface area contributed by atoms with Crippen molar-refractivity contribution in [3.63, 3.8) is 0 Å². The Kier molecular flexibility index (Phi) is 6.65. The second kappa shape index (κ2) is 7.76. The van der Waals surface area contributed by atoms with E-state index in [-0.39, 0.29) is 6.04 Å². The van der Waals surface area contributed by atoms with Crippen molar-refractivity contribution in [1.82, 2.24) is 4.72 Å². The summed E-state index contributed by atoms with van der Waals surface area (Å²) in [5.74, 6) is 0.664. The van der Waals surface area contributed by atoms with Crippen LogP contribution in [0.25, 0.3) is 0 Å². The van der Waals surface area contributed by atoms with E-state index in [1.165, 1.54) is 0 Å². The van der Waals surface area contributed by atoms with Crippen LogP contribution in [0.5, 0.6) is 0 Å². The van der Waals surface area contributed by atoms with Crippen molar-refractivity contribution >= 4 is 10.0 Å². The number of rotatable bonds is 8. The molecule has 1 atom stereocenters. The molecule has 3 N–H and O–H groups in total. The average Bonchev–Trinajstić information content (AvgIpc) is 2.38. The van der Waals surface area contributed by atoms with Crippen LogP contribution in [-0.4, -0.2) is 15.0 Å². The predicted octanol–water partition coefficient (Wildman–Crippen LogP) is 2.81. The van der Waals surface area contributed by atoms with Crippen LogP contribution in [0.3, 0.4) is 0 Å². The lowest BCUT2D eigenvalue weighted by Crippen LogP contribution is -2.24. The Hall–Kier alpha value is -0.910. The molecule has 0 radical (unpaired) electrons. The van der Waals surface area contributed by atoms with E-state index in [9.17, 15) is 8.42 Å². The molecule has 114 valence electrons. The van der Waals surface area contributed by atoms with E-state index in [0.717, 1.165) is 24.8 Å². The van der Waals surface area contributed by atoms with Crippen molar-refractivity contribution in [2.24, 2.45) is 11.7 Å². The van der Waals surface area contributed by atoms with Crippen molar-refractivity contribution < 1.29 is 8.42 Å². The molecule has 1 rings (SSSR count). The highest BCUT2D eigenvalue weighted by atomic mass is 32.2. The van der Waals surface area contributed by atoms with Gasteiger partial charge in [-0.15, -0.1) is 0 Å². The van der Waals surface area contributed by atoms with Gasteiger partial charge in [-0.25, -0.2) is 13.1 Å². The molecule has 0 aliphatic heterocycles. The molecule has 0 saturated carbocycles. The Bertz CT molecular complexity index is 493. The van der Waals surface area contributed by atoms with Crippen LogP contribution < -0.4 is 10.5 Å². The van der Waals surface area contributed by atoms with Crippen LogP contribution in [0, 0.1) is 5.92 Å². The summed E-state index contributed by atoms with van der Waals surface area (Å²) in [7, 11) is -3.39. The van der Waals surface area contributed by atoms with Gasteiger partial charge in [-0.05, 0) is 37.0 Å². The molecule has 0 spiro atoms. The monoisotopic (exact) mass is 298 g/mol. The summed E-state index contributed by atoms with van der Waals surface area (Å²) in [5.41, 5.74) is 6.68. The van der Waals surface area contributed by atoms with Gasteiger partial charge < -0.3 is 5.73 Å². The molecule has 4 nitrogen and oxygen atoms in total. The fourth-order valence-electron chi connectivity index (χ4n) is 1.92. The SMILES string of the molecule is CC(C)CCCCNS(=O)(=O)c1ccc(C(C)N)cc1. The van der Waals surface area contributed by atoms with Gasteiger partial charge in [-0.1, -0.05) is 38.8 Å². The van der Waals surface area contributed by atoms with Crippen LogP contribution in [0.4, 0.5) is 0 Å². The van der Waals surface area contributed by atoms with Gasteiger partial charge in [0, 0.05) is 12.6 Å². The Labute approximate surface area is 122 Å². The van der Waals surface area contributed by atoms with Crippen molar-refractivity contribution in [3.05, 3.63) is 29.8 Å². The Morgan fingerprint density at radius 2 is 1.70 bits per heavy atom. The fraction of sp³-hybridized carbons (Fsp3) is 0.600. The van der Waals surface area contributed by atoms with E-state index in [2.05, 4.69) is 18.6 Å². The molecule has 1 aromatic rings. The van der Waals surface area contributed by atoms with Crippen LogP contribution in [0.15, 0.2) is 29.2 Å². The molecular formula is C15H26N2O2S. The molecule has 0 amide bonds. The number of nitrogens with one attached hydrogen (secondary N) is 1. The number of hydrogen-bond acceptors (Lipinski definition) is 3. The van der Waals surface area contributed by atoms with Gasteiger partial charge in [0.25, 0.3) is 0 Å². The Balaban J connectivity index is 2.52. The summed E-state index contributed by atoms with van der Waals surface area (Å²) in [6.45, 7) is 6.70. The molecule has 0 saturated heterocycles. The topological polar surface area (TPSA) is 72.2 Å². The molecule has 0 heterocycles. The van der Waals surface area contributed by atoms with E-state index in [0.29, 0.717) is 17.4 Å². The van der Waals surface area contributed by atoms with Gasteiger partial charge in [0.15, 0.2) is 0 Å². The lowest BCUT2D eigenvalue weighted by Gasteiger charge is -2.09. The molecule has 0 bridgehead atoms. The number of hydrogen-bond donors (Lipinski definition) is 2. The van der Waals surface area contributed by atoms with Crippen molar-refractivity contribution in [3.8, 4) is 0 Å². The van der Waals surface area contributed by atoms with Crippen molar-refractivity contribution in [2.75, 3.05) is 6.54 Å². The summed E-state index contributed by atoms with van der Waals surface area (Å²) >= 11 is 0. The number of benzene rings is 1. The minimum absolute atomic E-state index is 0.0873. The number of sulfonamides is 1. The normalized spacial score (nSPS) is 13.7. The maximum absolute atomic E-state index is 12.1. The highest BCUT2D eigenvalue weighted by molar-refractivity contribution is 7.89. The minimum Gasteiger partial charge on any atom is -0.324 e. The lowest BCUT2D eigenvalue weighted by molar-refractivity contribution is 0.530. The van der Waals surface area contributed by atoms with E-state index >= 15 is 0 Å². The maximum atomic E-state index is 12.1. The molecule has 0 aromatic heterocycles. The molecule has 5 heteroatoms.